The van der Waals surface area contributed by atoms with E-state index in [2.05, 4.69) is 30.5 Å². The number of carbonyl (C=O) groups is 4. The Balaban J connectivity index is 1.61. The van der Waals surface area contributed by atoms with Gasteiger partial charge >= 0.3 is 5.97 Å². The number of β-lactam (4-membered cyclic amide) rings is 1. The van der Waals surface area contributed by atoms with Gasteiger partial charge in [-0.2, -0.15) is 9.36 Å². The zero-order valence-electron chi connectivity index (χ0n) is 18.4. The van der Waals surface area contributed by atoms with Gasteiger partial charge in [-0.3, -0.25) is 19.3 Å². The molecule has 0 aliphatic carbocycles. The first kappa shape index (κ1) is 24.6. The number of aromatic nitrogens is 2. The number of carboxylic acid groups (broad SMARTS) is 1. The van der Waals surface area contributed by atoms with E-state index in [0.717, 1.165) is 16.4 Å². The van der Waals surface area contributed by atoms with Gasteiger partial charge < -0.3 is 32.0 Å². The fourth-order valence-corrected chi connectivity index (χ4v) is 5.94. The van der Waals surface area contributed by atoms with Gasteiger partial charge in [-0.15, -0.1) is 11.8 Å². The van der Waals surface area contributed by atoms with Crippen molar-refractivity contribution < 1.29 is 29.5 Å². The van der Waals surface area contributed by atoms with E-state index in [1.807, 2.05) is 0 Å². The molecule has 0 aromatic carbocycles. The molecule has 0 bridgehead atoms. The Bertz CT molecular complexity index is 1190. The number of thioether (sulfide) groups is 1. The van der Waals surface area contributed by atoms with Gasteiger partial charge in [0.1, 0.15) is 17.1 Å². The Morgan fingerprint density at radius 1 is 1.37 bits per heavy atom. The molecule has 16 heteroatoms. The summed E-state index contributed by atoms with van der Waals surface area (Å²) in [4.78, 5) is 55.2. The third-order valence-electron chi connectivity index (χ3n) is 5.71. The second-order valence-corrected chi connectivity index (χ2v) is 9.60. The van der Waals surface area contributed by atoms with Crippen molar-refractivity contribution in [3.05, 3.63) is 28.2 Å². The third-order valence-corrected chi connectivity index (χ3v) is 7.54. The molecule has 1 aromatic rings. The number of nitrogen functional groups attached to an aromatic ring is 1. The van der Waals surface area contributed by atoms with E-state index >= 15 is 0 Å². The molecule has 0 unspecified atom stereocenters. The van der Waals surface area contributed by atoms with Crippen LogP contribution in [0.4, 0.5) is 5.13 Å². The molecule has 2 fully saturated rings. The molecule has 35 heavy (non-hydrogen) atoms. The number of rotatable bonds is 8. The van der Waals surface area contributed by atoms with Crippen molar-refractivity contribution in [2.45, 2.75) is 24.3 Å². The molecule has 0 spiro atoms. The van der Waals surface area contributed by atoms with Crippen LogP contribution in [0.1, 0.15) is 18.7 Å². The summed E-state index contributed by atoms with van der Waals surface area (Å²) in [6.45, 7) is 0.981. The fraction of sp³-hybridized carbons (Fsp3) is 0.421. The largest absolute Gasteiger partial charge is 0.477 e. The standard InChI is InChI=1S/C19H22N8O6S2/c1-21-4-2-7(8-3-5-22-14(8)28)9-6-34-17-11(16(30)27(17)12(9)18(31)32)23-15(29)10(25-33)13-24-19(20)35-26-13/h11,17,21,33H,2-6H2,1H3,(H,22,28)(H,23,29)(H,31,32)(H2,20,24,26)/t11-,17-/m1/s1. The third kappa shape index (κ3) is 4.46. The number of amides is 3. The number of carbonyl (C=O) groups excluding carboxylic acids is 3. The topological polar surface area (TPSA) is 212 Å². The smallest absolute Gasteiger partial charge is 0.352 e. The Morgan fingerprint density at radius 3 is 2.71 bits per heavy atom. The SMILES string of the molecule is CNCCC(=C1CCNC1=O)C1=C(C(=O)O)N2C(=O)[C@@H](NC(=O)C(=NO)c3nsc(N)n3)[C@H]2SC1. The van der Waals surface area contributed by atoms with Crippen LogP contribution in [-0.2, 0) is 19.2 Å². The first-order valence-electron chi connectivity index (χ1n) is 10.5. The molecule has 7 N–H and O–H groups in total. The van der Waals surface area contributed by atoms with Gasteiger partial charge in [0.25, 0.3) is 11.8 Å². The highest BCUT2D eigenvalue weighted by Gasteiger charge is 2.55. The summed E-state index contributed by atoms with van der Waals surface area (Å²) < 4.78 is 3.82. The summed E-state index contributed by atoms with van der Waals surface area (Å²) in [5.74, 6) is -3.06. The first-order valence-corrected chi connectivity index (χ1v) is 12.3. The van der Waals surface area contributed by atoms with Crippen molar-refractivity contribution in [3.63, 3.8) is 0 Å². The maximum absolute atomic E-state index is 13.0. The molecule has 186 valence electrons. The van der Waals surface area contributed by atoms with Gasteiger partial charge in [-0.05, 0) is 37.6 Å². The van der Waals surface area contributed by atoms with Gasteiger partial charge in [0.2, 0.25) is 17.4 Å². The monoisotopic (exact) mass is 522 g/mol. The number of fused-ring (bicyclic) bond motifs is 1. The van der Waals surface area contributed by atoms with Crippen LogP contribution >= 0.6 is 23.3 Å². The van der Waals surface area contributed by atoms with Crippen molar-refractivity contribution >= 4 is 57.8 Å². The average molecular weight is 523 g/mol. The Hall–Kier alpha value is -3.50. The van der Waals surface area contributed by atoms with E-state index in [0.29, 0.717) is 42.7 Å². The first-order chi connectivity index (χ1) is 16.8. The molecule has 0 radical (unpaired) electrons. The van der Waals surface area contributed by atoms with Gasteiger partial charge in [-0.25, -0.2) is 4.79 Å². The number of nitrogens with one attached hydrogen (secondary N) is 3. The Morgan fingerprint density at radius 2 is 2.14 bits per heavy atom. The second-order valence-electron chi connectivity index (χ2n) is 7.71. The number of aliphatic carboxylic acids is 1. The summed E-state index contributed by atoms with van der Waals surface area (Å²) in [6, 6.07) is -1.06. The van der Waals surface area contributed by atoms with Crippen molar-refractivity contribution in [1.29, 1.82) is 0 Å². The Labute approximate surface area is 206 Å². The minimum Gasteiger partial charge on any atom is -0.477 e. The lowest BCUT2D eigenvalue weighted by Gasteiger charge is -2.49. The van der Waals surface area contributed by atoms with E-state index in [9.17, 15) is 29.5 Å². The maximum atomic E-state index is 13.0. The molecule has 4 rings (SSSR count). The minimum atomic E-state index is -1.30. The van der Waals surface area contributed by atoms with Crippen molar-refractivity contribution in [1.82, 2.24) is 30.2 Å². The normalized spacial score (nSPS) is 23.6. The molecule has 0 saturated carbocycles. The predicted octanol–water partition coefficient (Wildman–Crippen LogP) is -1.54. The highest BCUT2D eigenvalue weighted by Crippen LogP contribution is 2.43. The summed E-state index contributed by atoms with van der Waals surface area (Å²) in [5, 5.41) is 29.8. The second kappa shape index (κ2) is 10.0. The molecule has 4 heterocycles. The highest BCUT2D eigenvalue weighted by molar-refractivity contribution is 8.00. The van der Waals surface area contributed by atoms with Gasteiger partial charge in [0, 0.05) is 29.4 Å². The molecule has 3 amide bonds. The van der Waals surface area contributed by atoms with Crippen LogP contribution in [0.2, 0.25) is 0 Å². The van der Waals surface area contributed by atoms with E-state index in [-0.39, 0.29) is 28.3 Å². The number of nitrogens with zero attached hydrogens (tertiary/aromatic N) is 4. The number of anilines is 1. The van der Waals surface area contributed by atoms with Crippen LogP contribution in [0.15, 0.2) is 27.6 Å². The van der Waals surface area contributed by atoms with Crippen LogP contribution in [0.25, 0.3) is 0 Å². The lowest BCUT2D eigenvalue weighted by Crippen LogP contribution is -2.71. The maximum Gasteiger partial charge on any atom is 0.352 e. The minimum absolute atomic E-state index is 0.0607. The van der Waals surface area contributed by atoms with Crippen LogP contribution in [0.5, 0.6) is 0 Å². The van der Waals surface area contributed by atoms with E-state index < -0.39 is 34.9 Å². The molecule has 1 aromatic heterocycles. The molecular weight excluding hydrogens is 500 g/mol. The predicted molar refractivity (Wildman–Crippen MR) is 126 cm³/mol. The van der Waals surface area contributed by atoms with E-state index in [1.165, 1.54) is 11.8 Å². The van der Waals surface area contributed by atoms with Crippen LogP contribution in [0.3, 0.4) is 0 Å². The highest BCUT2D eigenvalue weighted by atomic mass is 32.2. The van der Waals surface area contributed by atoms with Crippen molar-refractivity contribution in [3.8, 4) is 0 Å². The number of hydrogen-bond acceptors (Lipinski definition) is 12. The summed E-state index contributed by atoms with van der Waals surface area (Å²) in [7, 11) is 1.75. The van der Waals surface area contributed by atoms with E-state index in [4.69, 9.17) is 5.73 Å². The molecule has 2 saturated heterocycles. The van der Waals surface area contributed by atoms with Crippen LogP contribution in [0, 0.1) is 0 Å². The molecule has 2 atom stereocenters. The molecule has 3 aliphatic heterocycles. The lowest BCUT2D eigenvalue weighted by molar-refractivity contribution is -0.150. The lowest BCUT2D eigenvalue weighted by atomic mass is 9.92. The van der Waals surface area contributed by atoms with Crippen molar-refractivity contribution in [2.75, 3.05) is 31.6 Å². The van der Waals surface area contributed by atoms with Crippen LogP contribution < -0.4 is 21.7 Å². The Kier molecular flexibility index (Phi) is 7.04. The van der Waals surface area contributed by atoms with Gasteiger partial charge in [0.05, 0.1) is 0 Å². The summed E-state index contributed by atoms with van der Waals surface area (Å²) in [6.07, 6.45) is 0.881. The van der Waals surface area contributed by atoms with E-state index in [1.54, 1.807) is 7.05 Å². The summed E-state index contributed by atoms with van der Waals surface area (Å²) >= 11 is 2.07. The molecule has 14 nitrogen and oxygen atoms in total. The number of carboxylic acids is 1. The quantitative estimate of drug-likeness (QED) is 0.0757. The number of oxime groups is 1. The summed E-state index contributed by atoms with van der Waals surface area (Å²) in [5.41, 5.74) is 6.32. The zero-order valence-corrected chi connectivity index (χ0v) is 20.0. The number of hydrogen-bond donors (Lipinski definition) is 6. The van der Waals surface area contributed by atoms with Gasteiger partial charge in [0.15, 0.2) is 5.13 Å². The average Bonchev–Trinajstić information content (AvgIpc) is 3.45. The van der Waals surface area contributed by atoms with Gasteiger partial charge in [-0.1, -0.05) is 5.16 Å². The zero-order chi connectivity index (χ0) is 25.3. The molecular formula is C19H22N8O6S2. The fourth-order valence-electron chi connectivity index (χ4n) is 4.13. The van der Waals surface area contributed by atoms with Crippen molar-refractivity contribution in [2.24, 2.45) is 5.16 Å². The van der Waals surface area contributed by atoms with Crippen LogP contribution in [-0.4, -0.2) is 91.3 Å². The molecule has 3 aliphatic rings. The number of nitrogens with two attached hydrogens (primary N) is 1.